The van der Waals surface area contributed by atoms with Gasteiger partial charge in [-0.1, -0.05) is 13.8 Å². The highest BCUT2D eigenvalue weighted by Gasteiger charge is 2.15. The normalized spacial score (nSPS) is 21.1. The van der Waals surface area contributed by atoms with Crippen molar-refractivity contribution in [2.24, 2.45) is 16.6 Å². The Kier molecular flexibility index (Phi) is 6.96. The Bertz CT molecular complexity index is 226. The molecule has 0 amide bonds. The molecule has 5 heteroatoms. The predicted molar refractivity (Wildman–Crippen MR) is 69.1 cm³/mol. The summed E-state index contributed by atoms with van der Waals surface area (Å²) >= 11 is 0. The first-order chi connectivity index (χ1) is 8.18. The lowest BCUT2D eigenvalue weighted by atomic mass is 10.2. The molecule has 0 aromatic heterocycles. The third-order valence-corrected chi connectivity index (χ3v) is 2.50. The summed E-state index contributed by atoms with van der Waals surface area (Å²) in [7, 11) is 0. The van der Waals surface area contributed by atoms with Gasteiger partial charge in [0.25, 0.3) is 0 Å². The summed E-state index contributed by atoms with van der Waals surface area (Å²) in [5.74, 6) is 1.07. The molecule has 100 valence electrons. The molecule has 1 unspecified atom stereocenters. The van der Waals surface area contributed by atoms with Gasteiger partial charge in [0, 0.05) is 26.3 Å². The largest absolute Gasteiger partial charge is 0.379 e. The number of rotatable bonds is 7. The van der Waals surface area contributed by atoms with Crippen LogP contribution in [0.15, 0.2) is 4.99 Å². The van der Waals surface area contributed by atoms with Gasteiger partial charge in [-0.25, -0.2) is 0 Å². The van der Waals surface area contributed by atoms with Crippen molar-refractivity contribution >= 4 is 5.96 Å². The molecule has 0 bridgehead atoms. The highest BCUT2D eigenvalue weighted by molar-refractivity contribution is 5.77. The highest BCUT2D eigenvalue weighted by Crippen LogP contribution is 2.07. The molecular weight excluding hydrogens is 218 g/mol. The van der Waals surface area contributed by atoms with E-state index in [1.165, 1.54) is 0 Å². The summed E-state index contributed by atoms with van der Waals surface area (Å²) in [6, 6.07) is 0. The lowest BCUT2D eigenvalue weighted by Gasteiger charge is -2.10. The predicted octanol–water partition coefficient (Wildman–Crippen LogP) is 0.742. The lowest BCUT2D eigenvalue weighted by Crippen LogP contribution is -2.33. The number of nitrogens with one attached hydrogen (secondary N) is 1. The number of nitrogens with two attached hydrogens (primary N) is 1. The second-order valence-electron chi connectivity index (χ2n) is 4.76. The van der Waals surface area contributed by atoms with E-state index in [0.717, 1.165) is 45.8 Å². The SMILES string of the molecule is CC(C)CN=C(N)NCCCOC1CCOC1. The minimum absolute atomic E-state index is 0.293. The molecule has 1 aliphatic heterocycles. The van der Waals surface area contributed by atoms with E-state index in [1.807, 2.05) is 0 Å². The van der Waals surface area contributed by atoms with Crippen molar-refractivity contribution < 1.29 is 9.47 Å². The summed E-state index contributed by atoms with van der Waals surface area (Å²) in [6.45, 7) is 8.14. The van der Waals surface area contributed by atoms with Crippen molar-refractivity contribution in [3.8, 4) is 0 Å². The summed E-state index contributed by atoms with van der Waals surface area (Å²) in [6.07, 6.45) is 2.25. The monoisotopic (exact) mass is 243 g/mol. The minimum atomic E-state index is 0.293. The Hall–Kier alpha value is -0.810. The number of hydrogen-bond donors (Lipinski definition) is 2. The average Bonchev–Trinajstić information content (AvgIpc) is 2.79. The van der Waals surface area contributed by atoms with Gasteiger partial charge in [-0.2, -0.15) is 0 Å². The van der Waals surface area contributed by atoms with Crippen LogP contribution in [0.2, 0.25) is 0 Å². The van der Waals surface area contributed by atoms with Gasteiger partial charge >= 0.3 is 0 Å². The molecule has 1 rings (SSSR count). The van der Waals surface area contributed by atoms with Crippen LogP contribution in [0, 0.1) is 5.92 Å². The van der Waals surface area contributed by atoms with Gasteiger partial charge in [0.05, 0.1) is 12.7 Å². The molecule has 3 N–H and O–H groups in total. The van der Waals surface area contributed by atoms with Crippen molar-refractivity contribution in [1.29, 1.82) is 0 Å². The van der Waals surface area contributed by atoms with Crippen molar-refractivity contribution in [1.82, 2.24) is 5.32 Å². The van der Waals surface area contributed by atoms with E-state index in [1.54, 1.807) is 0 Å². The van der Waals surface area contributed by atoms with Crippen molar-refractivity contribution in [2.45, 2.75) is 32.8 Å². The first kappa shape index (κ1) is 14.3. The highest BCUT2D eigenvalue weighted by atomic mass is 16.5. The lowest BCUT2D eigenvalue weighted by molar-refractivity contribution is 0.0420. The molecule has 1 fully saturated rings. The third kappa shape index (κ3) is 7.18. The smallest absolute Gasteiger partial charge is 0.188 e. The van der Waals surface area contributed by atoms with E-state index in [-0.39, 0.29) is 0 Å². The summed E-state index contributed by atoms with van der Waals surface area (Å²) < 4.78 is 10.9. The summed E-state index contributed by atoms with van der Waals surface area (Å²) in [4.78, 5) is 4.22. The maximum Gasteiger partial charge on any atom is 0.188 e. The fourth-order valence-electron chi connectivity index (χ4n) is 1.52. The van der Waals surface area contributed by atoms with E-state index in [4.69, 9.17) is 15.2 Å². The Balaban J connectivity index is 1.94. The van der Waals surface area contributed by atoms with E-state index in [2.05, 4.69) is 24.2 Å². The maximum absolute atomic E-state index is 5.70. The molecule has 0 saturated carbocycles. The Morgan fingerprint density at radius 1 is 1.59 bits per heavy atom. The van der Waals surface area contributed by atoms with Crippen LogP contribution in [0.5, 0.6) is 0 Å². The van der Waals surface area contributed by atoms with Crippen LogP contribution >= 0.6 is 0 Å². The number of hydrogen-bond acceptors (Lipinski definition) is 3. The van der Waals surface area contributed by atoms with Gasteiger partial charge in [0.15, 0.2) is 5.96 Å². The van der Waals surface area contributed by atoms with Gasteiger partial charge in [0.2, 0.25) is 0 Å². The van der Waals surface area contributed by atoms with Crippen LogP contribution in [-0.4, -0.2) is 45.0 Å². The number of guanidine groups is 1. The van der Waals surface area contributed by atoms with Gasteiger partial charge in [-0.15, -0.1) is 0 Å². The Morgan fingerprint density at radius 2 is 2.41 bits per heavy atom. The fraction of sp³-hybridized carbons (Fsp3) is 0.917. The maximum atomic E-state index is 5.70. The van der Waals surface area contributed by atoms with Crippen LogP contribution < -0.4 is 11.1 Å². The molecule has 0 aromatic rings. The minimum Gasteiger partial charge on any atom is -0.379 e. The number of ether oxygens (including phenoxy) is 2. The second-order valence-corrected chi connectivity index (χ2v) is 4.76. The van der Waals surface area contributed by atoms with Gasteiger partial charge < -0.3 is 20.5 Å². The van der Waals surface area contributed by atoms with E-state index in [9.17, 15) is 0 Å². The molecule has 0 aliphatic carbocycles. The molecule has 0 aromatic carbocycles. The van der Waals surface area contributed by atoms with E-state index >= 15 is 0 Å². The van der Waals surface area contributed by atoms with Gasteiger partial charge in [-0.05, 0) is 18.8 Å². The molecule has 1 saturated heterocycles. The van der Waals surface area contributed by atoms with Crippen LogP contribution in [-0.2, 0) is 9.47 Å². The standard InChI is InChI=1S/C12H25N3O2/c1-10(2)8-15-12(13)14-5-3-6-17-11-4-7-16-9-11/h10-11H,3-9H2,1-2H3,(H3,13,14,15). The fourth-order valence-corrected chi connectivity index (χ4v) is 1.52. The van der Waals surface area contributed by atoms with Crippen molar-refractivity contribution in [3.63, 3.8) is 0 Å². The van der Waals surface area contributed by atoms with E-state index < -0.39 is 0 Å². The first-order valence-electron chi connectivity index (χ1n) is 6.41. The Labute approximate surface area is 104 Å². The number of nitrogens with zero attached hydrogens (tertiary/aromatic N) is 1. The molecule has 1 aliphatic rings. The zero-order valence-electron chi connectivity index (χ0n) is 10.9. The molecule has 17 heavy (non-hydrogen) atoms. The molecule has 0 radical (unpaired) electrons. The van der Waals surface area contributed by atoms with Crippen LogP contribution in [0.4, 0.5) is 0 Å². The Morgan fingerprint density at radius 3 is 3.06 bits per heavy atom. The third-order valence-electron chi connectivity index (χ3n) is 2.50. The summed E-state index contributed by atoms with van der Waals surface area (Å²) in [5.41, 5.74) is 5.70. The first-order valence-corrected chi connectivity index (χ1v) is 6.41. The van der Waals surface area contributed by atoms with Crippen LogP contribution in [0.1, 0.15) is 26.7 Å². The zero-order valence-corrected chi connectivity index (χ0v) is 10.9. The topological polar surface area (TPSA) is 68.9 Å². The average molecular weight is 243 g/mol. The van der Waals surface area contributed by atoms with Crippen molar-refractivity contribution in [2.75, 3.05) is 32.9 Å². The van der Waals surface area contributed by atoms with Crippen molar-refractivity contribution in [3.05, 3.63) is 0 Å². The number of aliphatic imine (C=N–C) groups is 1. The van der Waals surface area contributed by atoms with Crippen LogP contribution in [0.25, 0.3) is 0 Å². The quantitative estimate of drug-likeness (QED) is 0.393. The molecule has 5 nitrogen and oxygen atoms in total. The van der Waals surface area contributed by atoms with E-state index in [0.29, 0.717) is 18.0 Å². The molecular formula is C12H25N3O2. The summed E-state index contributed by atoms with van der Waals surface area (Å²) in [5, 5.41) is 3.08. The van der Waals surface area contributed by atoms with Crippen LogP contribution in [0.3, 0.4) is 0 Å². The van der Waals surface area contributed by atoms with Gasteiger partial charge in [-0.3, -0.25) is 4.99 Å². The molecule has 1 heterocycles. The van der Waals surface area contributed by atoms with Gasteiger partial charge in [0.1, 0.15) is 0 Å². The zero-order chi connectivity index (χ0) is 12.5. The molecule has 1 atom stereocenters. The molecule has 0 spiro atoms. The second kappa shape index (κ2) is 8.31.